The number of aryl methyl sites for hydroxylation is 1. The summed E-state index contributed by atoms with van der Waals surface area (Å²) in [5, 5.41) is 11.0. The molecule has 1 aromatic heterocycles. The van der Waals surface area contributed by atoms with Crippen LogP contribution in [-0.2, 0) is 0 Å². The highest BCUT2D eigenvalue weighted by Gasteiger charge is 2.15. The van der Waals surface area contributed by atoms with Crippen molar-refractivity contribution in [2.75, 3.05) is 54.1 Å². The largest absolute Gasteiger partial charge is 0.369 e. The maximum absolute atomic E-state index is 13.1. The third-order valence-electron chi connectivity index (χ3n) is 7.65. The Morgan fingerprint density at radius 3 is 2.12 bits per heavy atom. The van der Waals surface area contributed by atoms with Gasteiger partial charge < -0.3 is 25.8 Å². The molecule has 216 valence electrons. The molecule has 5 aromatic rings. The van der Waals surface area contributed by atoms with Crippen molar-refractivity contribution in [2.45, 2.75) is 6.92 Å². The van der Waals surface area contributed by atoms with Gasteiger partial charge in [-0.15, -0.1) is 0 Å². The molecular formula is C34H33N7O2. The zero-order valence-electron chi connectivity index (χ0n) is 24.2. The van der Waals surface area contributed by atoms with E-state index in [1.54, 1.807) is 30.6 Å². The van der Waals surface area contributed by atoms with Gasteiger partial charge in [0.25, 0.3) is 11.8 Å². The van der Waals surface area contributed by atoms with Crippen LogP contribution < -0.4 is 20.9 Å². The fraction of sp³-hybridized carbons (Fsp3) is 0.176. The summed E-state index contributed by atoms with van der Waals surface area (Å²) in [4.78, 5) is 39.5. The number of benzene rings is 4. The summed E-state index contributed by atoms with van der Waals surface area (Å²) in [6.45, 7) is 6.00. The smallest absolute Gasteiger partial charge is 0.256 e. The third-order valence-corrected chi connectivity index (χ3v) is 7.65. The molecule has 0 radical (unpaired) electrons. The van der Waals surface area contributed by atoms with Crippen LogP contribution in [0.5, 0.6) is 0 Å². The van der Waals surface area contributed by atoms with Crippen molar-refractivity contribution in [2.24, 2.45) is 0 Å². The monoisotopic (exact) mass is 571 g/mol. The molecule has 1 aliphatic heterocycles. The molecule has 0 aliphatic carbocycles. The maximum atomic E-state index is 13.1. The van der Waals surface area contributed by atoms with E-state index in [0.717, 1.165) is 48.2 Å². The van der Waals surface area contributed by atoms with Crippen LogP contribution in [0, 0.1) is 6.92 Å². The average Bonchev–Trinajstić information content (AvgIpc) is 3.03. The first-order valence-corrected chi connectivity index (χ1v) is 14.3. The van der Waals surface area contributed by atoms with Crippen molar-refractivity contribution in [3.05, 3.63) is 114 Å². The topological polar surface area (TPSA) is 102 Å². The lowest BCUT2D eigenvalue weighted by Gasteiger charge is -2.34. The van der Waals surface area contributed by atoms with Crippen molar-refractivity contribution in [3.63, 3.8) is 0 Å². The zero-order valence-corrected chi connectivity index (χ0v) is 24.2. The molecule has 0 saturated carbocycles. The van der Waals surface area contributed by atoms with Gasteiger partial charge in [0.2, 0.25) is 5.95 Å². The standard InChI is InChI=1S/C34H33N7O2/c1-23-7-10-28(37-32(42)26-9-8-24-5-3-4-6-25(24)19-26)20-31(23)33(43)38-29-21-35-34(36-22-29)39-27-11-13-30(14-12-27)41-17-15-40(2)16-18-41/h3-14,19-22H,15-18H2,1-2H3,(H,37,42)(H,38,43)(H,35,36,39). The normalized spacial score (nSPS) is 13.5. The number of hydrogen-bond donors (Lipinski definition) is 3. The van der Waals surface area contributed by atoms with E-state index >= 15 is 0 Å². The Morgan fingerprint density at radius 2 is 1.37 bits per heavy atom. The molecule has 2 amide bonds. The number of amides is 2. The highest BCUT2D eigenvalue weighted by atomic mass is 16.2. The van der Waals surface area contributed by atoms with Gasteiger partial charge in [0.15, 0.2) is 0 Å². The molecule has 1 saturated heterocycles. The Morgan fingerprint density at radius 1 is 0.698 bits per heavy atom. The van der Waals surface area contributed by atoms with Gasteiger partial charge in [0, 0.05) is 54.4 Å². The highest BCUT2D eigenvalue weighted by molar-refractivity contribution is 6.09. The third kappa shape index (κ3) is 6.63. The van der Waals surface area contributed by atoms with Crippen molar-refractivity contribution < 1.29 is 9.59 Å². The fourth-order valence-electron chi connectivity index (χ4n) is 5.08. The number of carbonyl (C=O) groups excluding carboxylic acids is 2. The molecule has 6 rings (SSSR count). The highest BCUT2D eigenvalue weighted by Crippen LogP contribution is 2.23. The Kier molecular flexibility index (Phi) is 7.97. The van der Waals surface area contributed by atoms with Gasteiger partial charge in [-0.25, -0.2) is 9.97 Å². The maximum Gasteiger partial charge on any atom is 0.256 e. The minimum Gasteiger partial charge on any atom is -0.369 e. The van der Waals surface area contributed by atoms with E-state index in [1.807, 2.05) is 61.5 Å². The number of likely N-dealkylation sites (N-methyl/N-ethyl adjacent to an activating group) is 1. The summed E-state index contributed by atoms with van der Waals surface area (Å²) in [7, 11) is 2.15. The lowest BCUT2D eigenvalue weighted by atomic mass is 10.1. The van der Waals surface area contributed by atoms with E-state index in [-0.39, 0.29) is 11.8 Å². The number of rotatable bonds is 7. The Bertz CT molecular complexity index is 1760. The molecule has 1 aliphatic rings. The van der Waals surface area contributed by atoms with E-state index in [9.17, 15) is 9.59 Å². The average molecular weight is 572 g/mol. The molecule has 4 aromatic carbocycles. The molecule has 0 atom stereocenters. The molecule has 9 nitrogen and oxygen atoms in total. The molecule has 9 heteroatoms. The lowest BCUT2D eigenvalue weighted by Crippen LogP contribution is -2.44. The number of piperazine rings is 1. The second-order valence-electron chi connectivity index (χ2n) is 10.8. The van der Waals surface area contributed by atoms with E-state index in [2.05, 4.69) is 54.9 Å². The van der Waals surface area contributed by atoms with Crippen LogP contribution >= 0.6 is 0 Å². The van der Waals surface area contributed by atoms with Crippen LogP contribution in [-0.4, -0.2) is 59.9 Å². The first kappa shape index (κ1) is 27.9. The number of nitrogens with zero attached hydrogens (tertiary/aromatic N) is 4. The molecule has 0 spiro atoms. The Labute approximate surface area is 250 Å². The number of carbonyl (C=O) groups is 2. The van der Waals surface area contributed by atoms with Gasteiger partial charge in [0.1, 0.15) is 0 Å². The van der Waals surface area contributed by atoms with Crippen molar-refractivity contribution >= 4 is 51.3 Å². The molecule has 1 fully saturated rings. The van der Waals surface area contributed by atoms with Crippen LogP contribution in [0.15, 0.2) is 97.3 Å². The first-order valence-electron chi connectivity index (χ1n) is 14.3. The Balaban J connectivity index is 1.07. The zero-order chi connectivity index (χ0) is 29.8. The molecule has 43 heavy (non-hydrogen) atoms. The minimum atomic E-state index is -0.317. The predicted molar refractivity (Wildman–Crippen MR) is 173 cm³/mol. The van der Waals surface area contributed by atoms with Crippen LogP contribution in [0.25, 0.3) is 10.8 Å². The summed E-state index contributed by atoms with van der Waals surface area (Å²) < 4.78 is 0. The van der Waals surface area contributed by atoms with Gasteiger partial charge in [0.05, 0.1) is 18.1 Å². The number of hydrogen-bond acceptors (Lipinski definition) is 7. The number of anilines is 5. The molecule has 2 heterocycles. The quantitative estimate of drug-likeness (QED) is 0.222. The van der Waals surface area contributed by atoms with Gasteiger partial charge in [-0.1, -0.05) is 36.4 Å². The van der Waals surface area contributed by atoms with Gasteiger partial charge in [-0.2, -0.15) is 0 Å². The summed E-state index contributed by atoms with van der Waals surface area (Å²) in [5.74, 6) is -0.130. The molecule has 0 unspecified atom stereocenters. The van der Waals surface area contributed by atoms with E-state index in [1.165, 1.54) is 5.69 Å². The van der Waals surface area contributed by atoms with Gasteiger partial charge in [-0.3, -0.25) is 9.59 Å². The summed E-state index contributed by atoms with van der Waals surface area (Å²) in [5.41, 5.74) is 4.84. The SMILES string of the molecule is Cc1ccc(NC(=O)c2ccc3ccccc3c2)cc1C(=O)Nc1cnc(Nc2ccc(N3CCN(C)CC3)cc2)nc1. The van der Waals surface area contributed by atoms with Crippen LogP contribution in [0.3, 0.4) is 0 Å². The van der Waals surface area contributed by atoms with Crippen LogP contribution in [0.1, 0.15) is 26.3 Å². The molecule has 0 bridgehead atoms. The summed E-state index contributed by atoms with van der Waals surface area (Å²) >= 11 is 0. The number of fused-ring (bicyclic) bond motifs is 1. The summed E-state index contributed by atoms with van der Waals surface area (Å²) in [6, 6.07) is 27.0. The van der Waals surface area contributed by atoms with Crippen LogP contribution in [0.4, 0.5) is 28.7 Å². The number of aromatic nitrogens is 2. The van der Waals surface area contributed by atoms with Crippen molar-refractivity contribution in [3.8, 4) is 0 Å². The fourth-order valence-corrected chi connectivity index (χ4v) is 5.08. The Hall–Kier alpha value is -5.28. The van der Waals surface area contributed by atoms with Crippen LogP contribution in [0.2, 0.25) is 0 Å². The minimum absolute atomic E-state index is 0.244. The van der Waals surface area contributed by atoms with Crippen molar-refractivity contribution in [1.82, 2.24) is 14.9 Å². The molecular weight excluding hydrogens is 538 g/mol. The lowest BCUT2D eigenvalue weighted by molar-refractivity contribution is 0.101. The summed E-state index contributed by atoms with van der Waals surface area (Å²) in [6.07, 6.45) is 3.12. The van der Waals surface area contributed by atoms with Crippen molar-refractivity contribution in [1.29, 1.82) is 0 Å². The number of nitrogens with one attached hydrogen (secondary N) is 3. The second-order valence-corrected chi connectivity index (χ2v) is 10.8. The van der Waals surface area contributed by atoms with E-state index in [4.69, 9.17) is 0 Å². The van der Waals surface area contributed by atoms with Gasteiger partial charge in [-0.05, 0) is 78.8 Å². The van der Waals surface area contributed by atoms with E-state index < -0.39 is 0 Å². The first-order chi connectivity index (χ1) is 20.9. The van der Waals surface area contributed by atoms with E-state index in [0.29, 0.717) is 28.5 Å². The van der Waals surface area contributed by atoms with Gasteiger partial charge >= 0.3 is 0 Å². The molecule has 3 N–H and O–H groups in total. The second kappa shape index (κ2) is 12.3. The predicted octanol–water partition coefficient (Wildman–Crippen LogP) is 5.94.